The average Bonchev–Trinajstić information content (AvgIpc) is 2.28. The Kier molecular flexibility index (Phi) is 4.12. The van der Waals surface area contributed by atoms with Crippen LogP contribution >= 0.6 is 0 Å². The van der Waals surface area contributed by atoms with Crippen molar-refractivity contribution in [3.05, 3.63) is 23.8 Å². The third-order valence-corrected chi connectivity index (χ3v) is 3.70. The summed E-state index contributed by atoms with van der Waals surface area (Å²) in [6, 6.07) is 3.65. The van der Waals surface area contributed by atoms with Crippen LogP contribution in [0.5, 0.6) is 5.75 Å². The molecule has 1 aliphatic rings. The Balaban J connectivity index is 1.96. The minimum atomic E-state index is -1.24. The van der Waals surface area contributed by atoms with E-state index in [1.165, 1.54) is 24.6 Å². The largest absolute Gasteiger partial charge is 0.507 e. The number of amides is 2. The van der Waals surface area contributed by atoms with E-state index in [1.807, 2.05) is 6.92 Å². The number of carboxylic acid groups (broad SMARTS) is 1. The fraction of sp³-hybridized carbons (Fsp3) is 0.429. The van der Waals surface area contributed by atoms with Gasteiger partial charge < -0.3 is 20.8 Å². The quantitative estimate of drug-likeness (QED) is 0.635. The third kappa shape index (κ3) is 3.20. The Bertz CT molecular complexity index is 526. The number of carbonyl (C=O) groups is 2. The molecule has 1 fully saturated rings. The molecule has 0 saturated heterocycles. The molecular weight excluding hydrogens is 260 g/mol. The topological polar surface area (TPSA) is 98.7 Å². The molecule has 2 amide bonds. The van der Waals surface area contributed by atoms with Crippen molar-refractivity contribution in [1.82, 2.24) is 5.32 Å². The second-order valence-electron chi connectivity index (χ2n) is 5.12. The van der Waals surface area contributed by atoms with Gasteiger partial charge in [-0.1, -0.05) is 6.42 Å². The number of aromatic carboxylic acids is 1. The van der Waals surface area contributed by atoms with Gasteiger partial charge in [-0.2, -0.15) is 0 Å². The van der Waals surface area contributed by atoms with Gasteiger partial charge in [0.1, 0.15) is 11.3 Å². The highest BCUT2D eigenvalue weighted by Crippen LogP contribution is 2.29. The van der Waals surface area contributed by atoms with Crippen molar-refractivity contribution in [1.29, 1.82) is 0 Å². The first-order valence-corrected chi connectivity index (χ1v) is 6.61. The molecule has 20 heavy (non-hydrogen) atoms. The number of anilines is 1. The van der Waals surface area contributed by atoms with Crippen LogP contribution in [0.25, 0.3) is 0 Å². The highest BCUT2D eigenvalue weighted by Gasteiger charge is 2.25. The van der Waals surface area contributed by atoms with E-state index in [0.717, 1.165) is 12.8 Å². The van der Waals surface area contributed by atoms with E-state index < -0.39 is 5.97 Å². The van der Waals surface area contributed by atoms with Crippen molar-refractivity contribution in [2.24, 2.45) is 5.92 Å². The molecule has 4 N–H and O–H groups in total. The Hall–Kier alpha value is -2.24. The summed E-state index contributed by atoms with van der Waals surface area (Å²) in [6.07, 6.45) is 3.46. The van der Waals surface area contributed by atoms with Gasteiger partial charge in [-0.3, -0.25) is 0 Å². The second-order valence-corrected chi connectivity index (χ2v) is 5.12. The zero-order chi connectivity index (χ0) is 14.7. The summed E-state index contributed by atoms with van der Waals surface area (Å²) < 4.78 is 0. The number of hydrogen-bond donors (Lipinski definition) is 4. The van der Waals surface area contributed by atoms with Crippen molar-refractivity contribution < 1.29 is 19.8 Å². The average molecular weight is 278 g/mol. The van der Waals surface area contributed by atoms with Crippen LogP contribution in [0.15, 0.2) is 18.2 Å². The maximum Gasteiger partial charge on any atom is 0.339 e. The van der Waals surface area contributed by atoms with Crippen LogP contribution < -0.4 is 10.6 Å². The van der Waals surface area contributed by atoms with Gasteiger partial charge in [0.05, 0.1) is 0 Å². The molecule has 1 aromatic rings. The second kappa shape index (κ2) is 5.81. The van der Waals surface area contributed by atoms with Gasteiger partial charge in [0.25, 0.3) is 0 Å². The summed E-state index contributed by atoms with van der Waals surface area (Å²) in [6.45, 7) is 1.96. The summed E-state index contributed by atoms with van der Waals surface area (Å²) in [7, 11) is 0. The number of urea groups is 1. The smallest absolute Gasteiger partial charge is 0.339 e. The number of hydrogen-bond acceptors (Lipinski definition) is 3. The SMILES string of the molecule is CC(NC(=O)Nc1ccc(O)c(C(=O)O)c1)C1CCC1. The number of aromatic hydroxyl groups is 1. The molecule has 0 heterocycles. The lowest BCUT2D eigenvalue weighted by molar-refractivity contribution is 0.0693. The molecule has 6 nitrogen and oxygen atoms in total. The molecule has 0 aliphatic heterocycles. The highest BCUT2D eigenvalue weighted by molar-refractivity contribution is 5.95. The number of nitrogens with one attached hydrogen (secondary N) is 2. The Morgan fingerprint density at radius 3 is 2.60 bits per heavy atom. The predicted octanol–water partition coefficient (Wildman–Crippen LogP) is 2.40. The number of rotatable bonds is 4. The molecule has 1 aromatic carbocycles. The molecule has 1 aliphatic carbocycles. The molecule has 108 valence electrons. The Labute approximate surface area is 116 Å². The van der Waals surface area contributed by atoms with Gasteiger partial charge in [-0.15, -0.1) is 0 Å². The third-order valence-electron chi connectivity index (χ3n) is 3.70. The number of carboxylic acids is 1. The molecule has 6 heteroatoms. The first-order chi connectivity index (χ1) is 9.47. The first kappa shape index (κ1) is 14.2. The minimum absolute atomic E-state index is 0.0970. The summed E-state index contributed by atoms with van der Waals surface area (Å²) in [4.78, 5) is 22.7. The first-order valence-electron chi connectivity index (χ1n) is 6.61. The lowest BCUT2D eigenvalue weighted by Gasteiger charge is -2.31. The normalized spacial score (nSPS) is 16.1. The molecule has 0 aromatic heterocycles. The molecule has 1 unspecified atom stereocenters. The molecule has 0 bridgehead atoms. The summed E-state index contributed by atoms with van der Waals surface area (Å²) in [5.74, 6) is -1.05. The standard InChI is InChI=1S/C14H18N2O4/c1-8(9-3-2-4-9)15-14(20)16-10-5-6-12(17)11(7-10)13(18)19/h5-9,17H,2-4H2,1H3,(H,18,19)(H2,15,16,20). The fourth-order valence-electron chi connectivity index (χ4n) is 2.22. The molecule has 0 radical (unpaired) electrons. The molecule has 2 rings (SSSR count). The van der Waals surface area contributed by atoms with E-state index in [2.05, 4.69) is 10.6 Å². The van der Waals surface area contributed by atoms with Crippen molar-refractivity contribution in [2.45, 2.75) is 32.2 Å². The summed E-state index contributed by atoms with van der Waals surface area (Å²) >= 11 is 0. The Morgan fingerprint density at radius 1 is 1.35 bits per heavy atom. The number of carbonyl (C=O) groups excluding carboxylic acids is 1. The maximum atomic E-state index is 11.8. The van der Waals surface area contributed by atoms with Crippen LogP contribution in [0.4, 0.5) is 10.5 Å². The van der Waals surface area contributed by atoms with Crippen LogP contribution in [0.1, 0.15) is 36.5 Å². The molecule has 0 spiro atoms. The van der Waals surface area contributed by atoms with Crippen LogP contribution in [-0.4, -0.2) is 28.3 Å². The van der Waals surface area contributed by atoms with E-state index >= 15 is 0 Å². The van der Waals surface area contributed by atoms with Gasteiger partial charge in [0.2, 0.25) is 0 Å². The molecular formula is C14H18N2O4. The van der Waals surface area contributed by atoms with Crippen LogP contribution in [0.2, 0.25) is 0 Å². The van der Waals surface area contributed by atoms with Crippen molar-refractivity contribution in [2.75, 3.05) is 5.32 Å². The predicted molar refractivity (Wildman–Crippen MR) is 74.0 cm³/mol. The maximum absolute atomic E-state index is 11.8. The number of benzene rings is 1. The van der Waals surface area contributed by atoms with Crippen LogP contribution in [0, 0.1) is 5.92 Å². The summed E-state index contributed by atoms with van der Waals surface area (Å²) in [5.41, 5.74) is 0.0911. The Morgan fingerprint density at radius 2 is 2.05 bits per heavy atom. The monoisotopic (exact) mass is 278 g/mol. The van der Waals surface area contributed by atoms with Crippen molar-refractivity contribution in [3.8, 4) is 5.75 Å². The van der Waals surface area contributed by atoms with Gasteiger partial charge in [0, 0.05) is 11.7 Å². The highest BCUT2D eigenvalue weighted by atomic mass is 16.4. The lowest BCUT2D eigenvalue weighted by atomic mass is 9.80. The fourth-order valence-corrected chi connectivity index (χ4v) is 2.22. The minimum Gasteiger partial charge on any atom is -0.507 e. The van der Waals surface area contributed by atoms with Gasteiger partial charge in [-0.05, 0) is 43.9 Å². The van der Waals surface area contributed by atoms with E-state index in [4.69, 9.17) is 5.11 Å². The van der Waals surface area contributed by atoms with Crippen LogP contribution in [0.3, 0.4) is 0 Å². The van der Waals surface area contributed by atoms with E-state index in [-0.39, 0.29) is 23.4 Å². The number of phenols is 1. The van der Waals surface area contributed by atoms with E-state index in [1.54, 1.807) is 0 Å². The van der Waals surface area contributed by atoms with Crippen molar-refractivity contribution in [3.63, 3.8) is 0 Å². The van der Waals surface area contributed by atoms with E-state index in [0.29, 0.717) is 11.6 Å². The molecule has 1 atom stereocenters. The lowest BCUT2D eigenvalue weighted by Crippen LogP contribution is -2.42. The van der Waals surface area contributed by atoms with Gasteiger partial charge >= 0.3 is 12.0 Å². The van der Waals surface area contributed by atoms with Gasteiger partial charge in [0.15, 0.2) is 0 Å². The van der Waals surface area contributed by atoms with Gasteiger partial charge in [-0.25, -0.2) is 9.59 Å². The zero-order valence-corrected chi connectivity index (χ0v) is 11.2. The van der Waals surface area contributed by atoms with E-state index in [9.17, 15) is 14.7 Å². The van der Waals surface area contributed by atoms with Crippen LogP contribution in [-0.2, 0) is 0 Å². The molecule has 1 saturated carbocycles. The zero-order valence-electron chi connectivity index (χ0n) is 11.2. The summed E-state index contributed by atoms with van der Waals surface area (Å²) in [5, 5.41) is 23.7. The van der Waals surface area contributed by atoms with Crippen molar-refractivity contribution >= 4 is 17.7 Å².